The molecule has 0 aliphatic heterocycles. The Balaban J connectivity index is 1.56. The number of benzene rings is 2. The minimum Gasteiger partial charge on any atom is -0.350 e. The van der Waals surface area contributed by atoms with Gasteiger partial charge in [-0.15, -0.1) is 0 Å². The summed E-state index contributed by atoms with van der Waals surface area (Å²) < 4.78 is 1.88. The summed E-state index contributed by atoms with van der Waals surface area (Å²) in [6, 6.07) is 16.6. The standard InChI is InChI=1S/C20H16N4O2/c1-24-12-16(14-8-2-3-10-17(14)24)20(26)23-22-19(25)15-9-4-6-13-7-5-11-21-18(13)15/h2-12H,1H3,(H,22,25)(H,23,26). The largest absolute Gasteiger partial charge is 0.350 e. The molecule has 0 aliphatic carbocycles. The molecule has 6 nitrogen and oxygen atoms in total. The number of hydrazine groups is 1. The summed E-state index contributed by atoms with van der Waals surface area (Å²) in [5, 5.41) is 1.69. The van der Waals surface area contributed by atoms with Crippen LogP contribution < -0.4 is 10.9 Å². The molecule has 2 aromatic carbocycles. The van der Waals surface area contributed by atoms with Crippen molar-refractivity contribution in [3.8, 4) is 0 Å². The average Bonchev–Trinajstić information content (AvgIpc) is 3.02. The lowest BCUT2D eigenvalue weighted by atomic mass is 10.1. The van der Waals surface area contributed by atoms with E-state index < -0.39 is 5.91 Å². The maximum absolute atomic E-state index is 12.5. The van der Waals surface area contributed by atoms with E-state index in [0.717, 1.165) is 16.3 Å². The van der Waals surface area contributed by atoms with Gasteiger partial charge in [0.05, 0.1) is 16.6 Å². The Bertz CT molecular complexity index is 1140. The maximum atomic E-state index is 12.5. The number of para-hydroxylation sites is 2. The lowest BCUT2D eigenvalue weighted by molar-refractivity contribution is 0.0848. The van der Waals surface area contributed by atoms with E-state index >= 15 is 0 Å². The Hall–Kier alpha value is -3.67. The lowest BCUT2D eigenvalue weighted by Crippen LogP contribution is -2.41. The highest BCUT2D eigenvalue weighted by Gasteiger charge is 2.16. The molecule has 2 amide bonds. The van der Waals surface area contributed by atoms with Crippen LogP contribution >= 0.6 is 0 Å². The molecule has 0 atom stereocenters. The van der Waals surface area contributed by atoms with Crippen molar-refractivity contribution in [2.75, 3.05) is 0 Å². The van der Waals surface area contributed by atoms with Crippen LogP contribution in [0.3, 0.4) is 0 Å². The summed E-state index contributed by atoms with van der Waals surface area (Å²) in [5.74, 6) is -0.786. The number of pyridine rings is 1. The van der Waals surface area contributed by atoms with E-state index in [2.05, 4.69) is 15.8 Å². The first-order chi connectivity index (χ1) is 12.6. The van der Waals surface area contributed by atoms with Crippen molar-refractivity contribution in [3.63, 3.8) is 0 Å². The van der Waals surface area contributed by atoms with Gasteiger partial charge in [-0.05, 0) is 18.2 Å². The number of carbonyl (C=O) groups excluding carboxylic acids is 2. The predicted octanol–water partition coefficient (Wildman–Crippen LogP) is 2.80. The Morgan fingerprint density at radius 3 is 2.46 bits per heavy atom. The number of hydrogen-bond acceptors (Lipinski definition) is 3. The van der Waals surface area contributed by atoms with Crippen LogP contribution in [0, 0.1) is 0 Å². The molecule has 0 radical (unpaired) electrons. The van der Waals surface area contributed by atoms with Gasteiger partial charge in [-0.2, -0.15) is 0 Å². The molecule has 0 aliphatic rings. The minimum absolute atomic E-state index is 0.372. The molecule has 128 valence electrons. The quantitative estimate of drug-likeness (QED) is 0.549. The van der Waals surface area contributed by atoms with Crippen molar-refractivity contribution in [1.29, 1.82) is 0 Å². The first-order valence-corrected chi connectivity index (χ1v) is 8.13. The fourth-order valence-corrected chi connectivity index (χ4v) is 3.06. The highest BCUT2D eigenvalue weighted by Crippen LogP contribution is 2.20. The zero-order valence-corrected chi connectivity index (χ0v) is 14.1. The summed E-state index contributed by atoms with van der Waals surface area (Å²) in [7, 11) is 1.87. The number of aromatic nitrogens is 2. The summed E-state index contributed by atoms with van der Waals surface area (Å²) in [6.45, 7) is 0. The zero-order chi connectivity index (χ0) is 18.1. The fourth-order valence-electron chi connectivity index (χ4n) is 3.06. The normalized spacial score (nSPS) is 10.8. The topological polar surface area (TPSA) is 76.0 Å². The number of nitrogens with zero attached hydrogens (tertiary/aromatic N) is 2. The van der Waals surface area contributed by atoms with Gasteiger partial charge in [0.1, 0.15) is 0 Å². The maximum Gasteiger partial charge on any atom is 0.271 e. The van der Waals surface area contributed by atoms with E-state index in [9.17, 15) is 9.59 Å². The average molecular weight is 344 g/mol. The third-order valence-corrected chi connectivity index (χ3v) is 4.31. The van der Waals surface area contributed by atoms with Crippen molar-refractivity contribution in [2.45, 2.75) is 0 Å². The molecule has 2 aromatic heterocycles. The number of nitrogens with one attached hydrogen (secondary N) is 2. The van der Waals surface area contributed by atoms with Crippen LogP contribution in [0.5, 0.6) is 0 Å². The third kappa shape index (κ3) is 2.67. The van der Waals surface area contributed by atoms with Gasteiger partial charge in [0, 0.05) is 35.7 Å². The van der Waals surface area contributed by atoms with Gasteiger partial charge < -0.3 is 4.57 Å². The highest BCUT2D eigenvalue weighted by atomic mass is 16.2. The summed E-state index contributed by atoms with van der Waals surface area (Å²) in [6.07, 6.45) is 3.37. The molecule has 2 heterocycles. The molecule has 4 aromatic rings. The van der Waals surface area contributed by atoms with Crippen molar-refractivity contribution in [2.24, 2.45) is 7.05 Å². The van der Waals surface area contributed by atoms with Crippen LogP contribution in [0.15, 0.2) is 67.0 Å². The molecule has 2 N–H and O–H groups in total. The molecule has 0 fully saturated rings. The van der Waals surface area contributed by atoms with Gasteiger partial charge in [0.15, 0.2) is 0 Å². The van der Waals surface area contributed by atoms with Gasteiger partial charge in [0.25, 0.3) is 11.8 Å². The smallest absolute Gasteiger partial charge is 0.271 e. The molecular formula is C20H16N4O2. The Kier molecular flexibility index (Phi) is 3.85. The zero-order valence-electron chi connectivity index (χ0n) is 14.1. The second-order valence-corrected chi connectivity index (χ2v) is 5.96. The van der Waals surface area contributed by atoms with Gasteiger partial charge in [-0.1, -0.05) is 36.4 Å². The second kappa shape index (κ2) is 6.33. The number of aryl methyl sites for hydroxylation is 1. The van der Waals surface area contributed by atoms with E-state index in [1.54, 1.807) is 24.5 Å². The molecule has 0 saturated carbocycles. The minimum atomic E-state index is -0.414. The van der Waals surface area contributed by atoms with Crippen LogP contribution in [0.2, 0.25) is 0 Å². The summed E-state index contributed by atoms with van der Waals surface area (Å²) in [5.41, 5.74) is 7.40. The third-order valence-electron chi connectivity index (χ3n) is 4.31. The summed E-state index contributed by atoms with van der Waals surface area (Å²) in [4.78, 5) is 29.3. The van der Waals surface area contributed by atoms with Gasteiger partial charge >= 0.3 is 0 Å². The van der Waals surface area contributed by atoms with Crippen molar-refractivity contribution >= 4 is 33.6 Å². The van der Waals surface area contributed by atoms with Crippen molar-refractivity contribution in [1.82, 2.24) is 20.4 Å². The molecule has 6 heteroatoms. The summed E-state index contributed by atoms with van der Waals surface area (Å²) >= 11 is 0. The van der Waals surface area contributed by atoms with Crippen molar-refractivity contribution < 1.29 is 9.59 Å². The predicted molar refractivity (Wildman–Crippen MR) is 99.6 cm³/mol. The van der Waals surface area contributed by atoms with Gasteiger partial charge in [-0.25, -0.2) is 0 Å². The van der Waals surface area contributed by atoms with E-state index in [0.29, 0.717) is 16.6 Å². The molecule has 26 heavy (non-hydrogen) atoms. The van der Waals surface area contributed by atoms with E-state index in [4.69, 9.17) is 0 Å². The molecule has 0 unspecified atom stereocenters. The number of rotatable bonds is 2. The van der Waals surface area contributed by atoms with Gasteiger partial charge in [0.2, 0.25) is 0 Å². The number of amides is 2. The Labute approximate surface area is 149 Å². The number of carbonyl (C=O) groups is 2. The molecule has 0 spiro atoms. The first-order valence-electron chi connectivity index (χ1n) is 8.13. The Morgan fingerprint density at radius 1 is 0.885 bits per heavy atom. The molecule has 0 saturated heterocycles. The molecular weight excluding hydrogens is 328 g/mol. The van der Waals surface area contributed by atoms with E-state index in [1.165, 1.54) is 0 Å². The highest BCUT2D eigenvalue weighted by molar-refractivity contribution is 6.09. The number of fused-ring (bicyclic) bond motifs is 2. The fraction of sp³-hybridized carbons (Fsp3) is 0.0500. The molecule has 4 rings (SSSR count). The lowest BCUT2D eigenvalue weighted by Gasteiger charge is -2.08. The van der Waals surface area contributed by atoms with Crippen molar-refractivity contribution in [3.05, 3.63) is 78.1 Å². The number of hydrogen-bond donors (Lipinski definition) is 2. The first kappa shape index (κ1) is 15.8. The monoisotopic (exact) mass is 344 g/mol. The van der Waals surface area contributed by atoms with E-state index in [-0.39, 0.29) is 5.91 Å². The van der Waals surface area contributed by atoms with Crippen LogP contribution in [-0.2, 0) is 7.05 Å². The van der Waals surface area contributed by atoms with Crippen LogP contribution in [-0.4, -0.2) is 21.4 Å². The van der Waals surface area contributed by atoms with Crippen LogP contribution in [0.1, 0.15) is 20.7 Å². The van der Waals surface area contributed by atoms with Crippen LogP contribution in [0.4, 0.5) is 0 Å². The van der Waals surface area contributed by atoms with E-state index in [1.807, 2.05) is 54.1 Å². The van der Waals surface area contributed by atoms with Crippen LogP contribution in [0.25, 0.3) is 21.8 Å². The molecule has 0 bridgehead atoms. The Morgan fingerprint density at radius 2 is 1.62 bits per heavy atom. The second-order valence-electron chi connectivity index (χ2n) is 5.96. The SMILES string of the molecule is Cn1cc(C(=O)NNC(=O)c2cccc3cccnc23)c2ccccc21. The van der Waals surface area contributed by atoms with Gasteiger partial charge in [-0.3, -0.25) is 25.4 Å².